The summed E-state index contributed by atoms with van der Waals surface area (Å²) in [4.78, 5) is 16.5. The second-order valence-electron chi connectivity index (χ2n) is 7.65. The summed E-state index contributed by atoms with van der Waals surface area (Å²) in [5, 5.41) is 8.79. The molecule has 2 heterocycles. The maximum absolute atomic E-state index is 12.6. The van der Waals surface area contributed by atoms with Crippen molar-refractivity contribution in [2.45, 2.75) is 0 Å². The lowest BCUT2D eigenvalue weighted by molar-refractivity contribution is -0.133. The van der Waals surface area contributed by atoms with Gasteiger partial charge in [-0.25, -0.2) is 0 Å². The maximum Gasteiger partial charge on any atom is 0.260 e. The van der Waals surface area contributed by atoms with Crippen LogP contribution in [0.4, 0.5) is 5.82 Å². The number of benzene rings is 2. The van der Waals surface area contributed by atoms with Crippen molar-refractivity contribution in [2.24, 2.45) is 0 Å². The van der Waals surface area contributed by atoms with Gasteiger partial charge in [0.25, 0.3) is 5.91 Å². The van der Waals surface area contributed by atoms with Crippen LogP contribution in [0.25, 0.3) is 11.3 Å². The van der Waals surface area contributed by atoms with Gasteiger partial charge < -0.3 is 28.7 Å². The minimum absolute atomic E-state index is 0.0276. The molecular weight excluding hydrogens is 436 g/mol. The van der Waals surface area contributed by atoms with Crippen LogP contribution in [-0.2, 0) is 4.79 Å². The molecular formula is C25H28N4O5. The highest BCUT2D eigenvalue weighted by atomic mass is 16.5. The first-order chi connectivity index (χ1) is 16.6. The Kier molecular flexibility index (Phi) is 7.31. The second kappa shape index (κ2) is 10.7. The van der Waals surface area contributed by atoms with Crippen LogP contribution >= 0.6 is 0 Å². The van der Waals surface area contributed by atoms with Crippen molar-refractivity contribution in [2.75, 3.05) is 59.0 Å². The molecule has 1 amide bonds. The van der Waals surface area contributed by atoms with Gasteiger partial charge in [-0.05, 0) is 42.5 Å². The molecule has 3 aromatic rings. The van der Waals surface area contributed by atoms with Gasteiger partial charge in [0.1, 0.15) is 0 Å². The predicted molar refractivity (Wildman–Crippen MR) is 128 cm³/mol. The van der Waals surface area contributed by atoms with E-state index in [1.807, 2.05) is 42.5 Å². The van der Waals surface area contributed by atoms with Crippen molar-refractivity contribution in [3.05, 3.63) is 54.6 Å². The van der Waals surface area contributed by atoms with Crippen LogP contribution < -0.4 is 23.8 Å². The zero-order valence-corrected chi connectivity index (χ0v) is 19.6. The molecule has 9 nitrogen and oxygen atoms in total. The van der Waals surface area contributed by atoms with E-state index in [2.05, 4.69) is 15.1 Å². The summed E-state index contributed by atoms with van der Waals surface area (Å²) in [5.41, 5.74) is 1.63. The molecule has 1 fully saturated rings. The van der Waals surface area contributed by atoms with Crippen molar-refractivity contribution in [3.8, 4) is 34.3 Å². The van der Waals surface area contributed by atoms with Crippen molar-refractivity contribution in [1.82, 2.24) is 15.1 Å². The van der Waals surface area contributed by atoms with E-state index in [0.717, 1.165) is 17.1 Å². The van der Waals surface area contributed by atoms with Gasteiger partial charge in [-0.15, -0.1) is 10.2 Å². The number of carbonyl (C=O) groups excluding carboxylic acids is 1. The van der Waals surface area contributed by atoms with Crippen LogP contribution in [0.3, 0.4) is 0 Å². The molecule has 1 saturated heterocycles. The maximum atomic E-state index is 12.6. The Balaban J connectivity index is 1.32. The number of ether oxygens (including phenoxy) is 4. The van der Waals surface area contributed by atoms with Crippen LogP contribution in [-0.4, -0.2) is 75.1 Å². The Morgan fingerprint density at radius 2 is 1.47 bits per heavy atom. The Labute approximate surface area is 198 Å². The lowest BCUT2D eigenvalue weighted by Crippen LogP contribution is -2.50. The molecule has 178 valence electrons. The van der Waals surface area contributed by atoms with Gasteiger partial charge in [-0.2, -0.15) is 0 Å². The third-order valence-electron chi connectivity index (χ3n) is 5.71. The molecule has 1 aliphatic heterocycles. The average Bonchev–Trinajstić information content (AvgIpc) is 2.91. The fraction of sp³-hybridized carbons (Fsp3) is 0.320. The number of hydrogen-bond acceptors (Lipinski definition) is 8. The summed E-state index contributed by atoms with van der Waals surface area (Å²) in [5.74, 6) is 3.19. The Morgan fingerprint density at radius 1 is 0.794 bits per heavy atom. The fourth-order valence-corrected chi connectivity index (χ4v) is 3.80. The number of rotatable bonds is 8. The molecule has 0 radical (unpaired) electrons. The van der Waals surface area contributed by atoms with E-state index < -0.39 is 0 Å². The number of carbonyl (C=O) groups is 1. The van der Waals surface area contributed by atoms with Crippen molar-refractivity contribution < 1.29 is 23.7 Å². The van der Waals surface area contributed by atoms with Crippen LogP contribution in [0, 0.1) is 0 Å². The summed E-state index contributed by atoms with van der Waals surface area (Å²) in [6.45, 7) is 2.50. The second-order valence-corrected chi connectivity index (χ2v) is 7.65. The molecule has 0 bridgehead atoms. The number of methoxy groups -OCH3 is 3. The number of piperazine rings is 1. The lowest BCUT2D eigenvalue weighted by Gasteiger charge is -2.35. The quantitative estimate of drug-likeness (QED) is 0.503. The molecule has 0 unspecified atom stereocenters. The number of para-hydroxylation sites is 2. The predicted octanol–water partition coefficient (Wildman–Crippen LogP) is 2.90. The Hall–Kier alpha value is -4.01. The highest BCUT2D eigenvalue weighted by Crippen LogP contribution is 2.31. The van der Waals surface area contributed by atoms with E-state index >= 15 is 0 Å². The highest BCUT2D eigenvalue weighted by Gasteiger charge is 2.23. The average molecular weight is 465 g/mol. The van der Waals surface area contributed by atoms with E-state index in [9.17, 15) is 4.79 Å². The Morgan fingerprint density at radius 3 is 2.12 bits per heavy atom. The summed E-state index contributed by atoms with van der Waals surface area (Å²) in [6, 6.07) is 16.8. The fourth-order valence-electron chi connectivity index (χ4n) is 3.80. The molecule has 2 aromatic carbocycles. The van der Waals surface area contributed by atoms with Gasteiger partial charge in [-0.3, -0.25) is 4.79 Å². The highest BCUT2D eigenvalue weighted by molar-refractivity contribution is 5.78. The molecule has 0 aliphatic carbocycles. The van der Waals surface area contributed by atoms with Gasteiger partial charge in [0.05, 0.1) is 27.0 Å². The molecule has 0 spiro atoms. The molecule has 0 saturated carbocycles. The zero-order valence-electron chi connectivity index (χ0n) is 19.6. The first-order valence-electron chi connectivity index (χ1n) is 11.0. The Bertz CT molecular complexity index is 1110. The van der Waals surface area contributed by atoms with Crippen LogP contribution in [0.15, 0.2) is 54.6 Å². The number of aromatic nitrogens is 2. The molecule has 1 aliphatic rings. The number of nitrogens with zero attached hydrogens (tertiary/aromatic N) is 4. The van der Waals surface area contributed by atoms with E-state index in [0.29, 0.717) is 49.2 Å². The molecule has 9 heteroatoms. The van der Waals surface area contributed by atoms with Gasteiger partial charge >= 0.3 is 0 Å². The first-order valence-corrected chi connectivity index (χ1v) is 11.0. The summed E-state index contributed by atoms with van der Waals surface area (Å²) >= 11 is 0. The number of anilines is 1. The van der Waals surface area contributed by atoms with Crippen LogP contribution in [0.5, 0.6) is 23.0 Å². The standard InChI is InChI=1S/C25H28N4O5/c1-31-20-6-4-5-7-22(20)34-17-25(30)29-14-12-28(13-15-29)24-11-9-19(26-27-24)18-8-10-21(32-2)23(16-18)33-3/h4-11,16H,12-15,17H2,1-3H3. The van der Waals surface area contributed by atoms with Crippen molar-refractivity contribution in [1.29, 1.82) is 0 Å². The summed E-state index contributed by atoms with van der Waals surface area (Å²) in [6.07, 6.45) is 0. The van der Waals surface area contributed by atoms with E-state index in [1.54, 1.807) is 38.4 Å². The number of hydrogen-bond donors (Lipinski definition) is 0. The molecule has 1 aromatic heterocycles. The van der Waals surface area contributed by atoms with E-state index in [-0.39, 0.29) is 12.5 Å². The SMILES string of the molecule is COc1ccc(-c2ccc(N3CCN(C(=O)COc4ccccc4OC)CC3)nn2)cc1OC. The first kappa shape index (κ1) is 23.2. The van der Waals surface area contributed by atoms with Crippen LogP contribution in [0.2, 0.25) is 0 Å². The van der Waals surface area contributed by atoms with Gasteiger partial charge in [0.15, 0.2) is 35.4 Å². The third-order valence-corrected chi connectivity index (χ3v) is 5.71. The van der Waals surface area contributed by atoms with Crippen LogP contribution in [0.1, 0.15) is 0 Å². The van der Waals surface area contributed by atoms with Gasteiger partial charge in [-0.1, -0.05) is 12.1 Å². The zero-order chi connectivity index (χ0) is 23.9. The van der Waals surface area contributed by atoms with E-state index in [4.69, 9.17) is 18.9 Å². The topological polar surface area (TPSA) is 86.3 Å². The third kappa shape index (κ3) is 5.14. The lowest BCUT2D eigenvalue weighted by atomic mass is 10.1. The number of amides is 1. The minimum atomic E-state index is -0.0551. The molecule has 34 heavy (non-hydrogen) atoms. The van der Waals surface area contributed by atoms with Crippen molar-refractivity contribution >= 4 is 11.7 Å². The monoisotopic (exact) mass is 464 g/mol. The minimum Gasteiger partial charge on any atom is -0.493 e. The molecule has 0 N–H and O–H groups in total. The largest absolute Gasteiger partial charge is 0.493 e. The van der Waals surface area contributed by atoms with E-state index in [1.165, 1.54) is 0 Å². The van der Waals surface area contributed by atoms with Crippen molar-refractivity contribution in [3.63, 3.8) is 0 Å². The summed E-state index contributed by atoms with van der Waals surface area (Å²) < 4.78 is 21.6. The smallest absolute Gasteiger partial charge is 0.260 e. The summed E-state index contributed by atoms with van der Waals surface area (Å²) in [7, 11) is 4.78. The molecule has 0 atom stereocenters. The van der Waals surface area contributed by atoms with Gasteiger partial charge in [0.2, 0.25) is 0 Å². The van der Waals surface area contributed by atoms with Gasteiger partial charge in [0, 0.05) is 31.7 Å². The normalized spacial score (nSPS) is 13.4. The molecule has 4 rings (SSSR count).